The fourth-order valence-corrected chi connectivity index (χ4v) is 1.93. The van der Waals surface area contributed by atoms with Gasteiger partial charge in [0.15, 0.2) is 16.9 Å². The summed E-state index contributed by atoms with van der Waals surface area (Å²) in [5.41, 5.74) is 6.93. The number of nitrogens with two attached hydrogens (primary N) is 1. The summed E-state index contributed by atoms with van der Waals surface area (Å²) in [6, 6.07) is 0. The molecule has 0 atom stereocenters. The number of fused-ring (bicyclic) bond motifs is 1. The Labute approximate surface area is 113 Å². The lowest BCUT2D eigenvalue weighted by molar-refractivity contribution is 0.0712. The molecule has 0 fully saturated rings. The van der Waals surface area contributed by atoms with Gasteiger partial charge in [-0.3, -0.25) is 0 Å². The molecule has 19 heavy (non-hydrogen) atoms. The molecule has 2 N–H and O–H groups in total. The molecule has 0 aliphatic heterocycles. The molecule has 0 aliphatic carbocycles. The van der Waals surface area contributed by atoms with Gasteiger partial charge in [-0.05, 0) is 26.7 Å². The van der Waals surface area contributed by atoms with Gasteiger partial charge in [0.1, 0.15) is 11.4 Å². The molecule has 0 aromatic carbocycles. The van der Waals surface area contributed by atoms with E-state index in [0.717, 1.165) is 12.8 Å². The van der Waals surface area contributed by atoms with Crippen LogP contribution in [0.4, 0.5) is 5.82 Å². The van der Waals surface area contributed by atoms with Crippen LogP contribution in [0.15, 0.2) is 0 Å². The van der Waals surface area contributed by atoms with Crippen molar-refractivity contribution in [2.45, 2.75) is 46.1 Å². The van der Waals surface area contributed by atoms with Crippen molar-refractivity contribution in [2.24, 2.45) is 7.05 Å². The first-order valence-corrected chi connectivity index (χ1v) is 6.56. The second-order valence-corrected chi connectivity index (χ2v) is 5.04. The van der Waals surface area contributed by atoms with Crippen LogP contribution in [-0.4, -0.2) is 25.3 Å². The number of hydrogen-bond donors (Lipinski definition) is 1. The Hall–Kier alpha value is -1.85. The molecule has 0 bridgehead atoms. The summed E-state index contributed by atoms with van der Waals surface area (Å²) in [7, 11) is 1.83. The topological polar surface area (TPSA) is 78.8 Å². The molecule has 104 valence electrons. The summed E-state index contributed by atoms with van der Waals surface area (Å²) in [5, 5.41) is 4.35. The smallest absolute Gasteiger partial charge is 0.239 e. The second kappa shape index (κ2) is 4.68. The number of ether oxygens (including phenoxy) is 1. The van der Waals surface area contributed by atoms with E-state index in [0.29, 0.717) is 28.6 Å². The van der Waals surface area contributed by atoms with E-state index in [1.807, 2.05) is 14.0 Å². The summed E-state index contributed by atoms with van der Waals surface area (Å²) in [6.07, 6.45) is 1.82. The summed E-state index contributed by atoms with van der Waals surface area (Å²) >= 11 is 0. The van der Waals surface area contributed by atoms with Crippen LogP contribution < -0.4 is 10.5 Å². The normalized spacial score (nSPS) is 12.1. The van der Waals surface area contributed by atoms with Crippen molar-refractivity contribution in [1.29, 1.82) is 0 Å². The van der Waals surface area contributed by atoms with E-state index in [1.165, 1.54) is 0 Å². The first-order valence-electron chi connectivity index (χ1n) is 6.56. The molecule has 0 radical (unpaired) electrons. The van der Waals surface area contributed by atoms with Crippen LogP contribution in [0.5, 0.6) is 5.88 Å². The zero-order valence-electron chi connectivity index (χ0n) is 12.2. The van der Waals surface area contributed by atoms with Gasteiger partial charge in [-0.15, -0.1) is 0 Å². The molecule has 0 amide bonds. The molecule has 2 rings (SSSR count). The van der Waals surface area contributed by atoms with E-state index < -0.39 is 0 Å². The van der Waals surface area contributed by atoms with Gasteiger partial charge in [0.05, 0.1) is 0 Å². The van der Waals surface area contributed by atoms with Crippen molar-refractivity contribution < 1.29 is 4.74 Å². The van der Waals surface area contributed by atoms with Crippen LogP contribution in [0.25, 0.3) is 11.0 Å². The van der Waals surface area contributed by atoms with Crippen LogP contribution in [0.1, 0.15) is 39.4 Å². The largest absolute Gasteiger partial charge is 0.470 e. The number of nitrogens with zero attached hydrogens (tertiary/aromatic N) is 4. The highest BCUT2D eigenvalue weighted by molar-refractivity contribution is 5.88. The number of hydrogen-bond acceptors (Lipinski definition) is 5. The van der Waals surface area contributed by atoms with Crippen molar-refractivity contribution in [3.05, 3.63) is 5.82 Å². The first-order chi connectivity index (χ1) is 8.90. The summed E-state index contributed by atoms with van der Waals surface area (Å²) < 4.78 is 7.83. The lowest BCUT2D eigenvalue weighted by Gasteiger charge is -2.27. The zero-order valence-corrected chi connectivity index (χ0v) is 12.2. The van der Waals surface area contributed by atoms with Gasteiger partial charge in [-0.25, -0.2) is 14.6 Å². The summed E-state index contributed by atoms with van der Waals surface area (Å²) in [6.45, 7) is 8.11. The van der Waals surface area contributed by atoms with Crippen LogP contribution in [0, 0.1) is 6.92 Å². The highest BCUT2D eigenvalue weighted by atomic mass is 16.5. The van der Waals surface area contributed by atoms with Crippen molar-refractivity contribution in [1.82, 2.24) is 19.7 Å². The molecule has 2 aromatic rings. The maximum Gasteiger partial charge on any atom is 0.239 e. The number of rotatable bonds is 4. The van der Waals surface area contributed by atoms with E-state index in [4.69, 9.17) is 10.5 Å². The first kappa shape index (κ1) is 13.6. The molecule has 0 saturated heterocycles. The van der Waals surface area contributed by atoms with Crippen molar-refractivity contribution >= 4 is 16.9 Å². The van der Waals surface area contributed by atoms with Gasteiger partial charge in [0.25, 0.3) is 0 Å². The maximum atomic E-state index is 6.15. The number of aromatic nitrogens is 4. The van der Waals surface area contributed by atoms with Gasteiger partial charge >= 0.3 is 0 Å². The van der Waals surface area contributed by atoms with Crippen LogP contribution in [0.3, 0.4) is 0 Å². The molecule has 6 nitrogen and oxygen atoms in total. The predicted octanol–water partition coefficient (Wildman–Crippen LogP) is 2.21. The average molecular weight is 263 g/mol. The lowest BCUT2D eigenvalue weighted by Crippen LogP contribution is -2.31. The predicted molar refractivity (Wildman–Crippen MR) is 75.1 cm³/mol. The van der Waals surface area contributed by atoms with E-state index in [1.54, 1.807) is 4.68 Å². The standard InChI is InChI=1S/C13H21N5O/c1-6-13(4,7-2)19-12-10-9(17-18(12)5)11(14)16-8(3)15-10/h6-7H2,1-5H3,(H2,14,15,16). The number of aryl methyl sites for hydroxylation is 2. The van der Waals surface area contributed by atoms with Gasteiger partial charge in [-0.2, -0.15) is 5.10 Å². The highest BCUT2D eigenvalue weighted by Crippen LogP contribution is 2.31. The van der Waals surface area contributed by atoms with Crippen molar-refractivity contribution in [3.8, 4) is 5.88 Å². The number of anilines is 1. The van der Waals surface area contributed by atoms with Gasteiger partial charge in [0, 0.05) is 7.05 Å². The number of nitrogen functional groups attached to an aromatic ring is 1. The quantitative estimate of drug-likeness (QED) is 0.915. The van der Waals surface area contributed by atoms with E-state index in [-0.39, 0.29) is 5.60 Å². The second-order valence-electron chi connectivity index (χ2n) is 5.04. The third-order valence-corrected chi connectivity index (χ3v) is 3.61. The molecular formula is C13H21N5O. The minimum Gasteiger partial charge on any atom is -0.470 e. The van der Waals surface area contributed by atoms with Gasteiger partial charge < -0.3 is 10.5 Å². The van der Waals surface area contributed by atoms with Crippen molar-refractivity contribution in [3.63, 3.8) is 0 Å². The van der Waals surface area contributed by atoms with Crippen molar-refractivity contribution in [2.75, 3.05) is 5.73 Å². The Morgan fingerprint density at radius 1 is 1.21 bits per heavy atom. The van der Waals surface area contributed by atoms with Crippen LogP contribution in [-0.2, 0) is 7.05 Å². The molecule has 6 heteroatoms. The minimum atomic E-state index is -0.228. The Morgan fingerprint density at radius 2 is 1.84 bits per heavy atom. The molecule has 0 spiro atoms. The minimum absolute atomic E-state index is 0.228. The van der Waals surface area contributed by atoms with Crippen LogP contribution in [0.2, 0.25) is 0 Å². The Kier molecular flexibility index (Phi) is 3.34. The molecular weight excluding hydrogens is 242 g/mol. The monoisotopic (exact) mass is 263 g/mol. The summed E-state index contributed by atoms with van der Waals surface area (Å²) in [5.74, 6) is 1.67. The highest BCUT2D eigenvalue weighted by Gasteiger charge is 2.26. The SMILES string of the molecule is CCC(C)(CC)Oc1c2nc(C)nc(N)c2nn1C. The Balaban J connectivity index is 2.57. The third kappa shape index (κ3) is 2.34. The Morgan fingerprint density at radius 3 is 2.42 bits per heavy atom. The molecule has 2 heterocycles. The lowest BCUT2D eigenvalue weighted by atomic mass is 10.0. The average Bonchev–Trinajstić information content (AvgIpc) is 2.67. The van der Waals surface area contributed by atoms with E-state index in [2.05, 4.69) is 35.8 Å². The van der Waals surface area contributed by atoms with E-state index in [9.17, 15) is 0 Å². The van der Waals surface area contributed by atoms with Gasteiger partial charge in [0.2, 0.25) is 5.88 Å². The molecule has 2 aromatic heterocycles. The zero-order chi connectivity index (χ0) is 14.2. The fourth-order valence-electron chi connectivity index (χ4n) is 1.93. The van der Waals surface area contributed by atoms with Crippen LogP contribution >= 0.6 is 0 Å². The Bertz CT molecular complexity index is 601. The fraction of sp³-hybridized carbons (Fsp3) is 0.615. The van der Waals surface area contributed by atoms with Gasteiger partial charge in [-0.1, -0.05) is 13.8 Å². The maximum absolute atomic E-state index is 6.15. The molecule has 0 unspecified atom stereocenters. The molecule has 0 saturated carbocycles. The summed E-state index contributed by atoms with van der Waals surface area (Å²) in [4.78, 5) is 8.54. The van der Waals surface area contributed by atoms with E-state index >= 15 is 0 Å². The third-order valence-electron chi connectivity index (χ3n) is 3.61. The molecule has 0 aliphatic rings.